The lowest BCUT2D eigenvalue weighted by molar-refractivity contribution is -0.118. The highest BCUT2D eigenvalue weighted by atomic mass is 16.5. The molecule has 0 aliphatic carbocycles. The summed E-state index contributed by atoms with van der Waals surface area (Å²) in [7, 11) is 0. The normalized spacial score (nSPS) is 13.7. The van der Waals surface area contributed by atoms with Crippen molar-refractivity contribution in [1.82, 2.24) is 0 Å². The van der Waals surface area contributed by atoms with Crippen LogP contribution in [0.2, 0.25) is 0 Å². The number of carbonyl (C=O) groups excluding carboxylic acids is 2. The van der Waals surface area contributed by atoms with E-state index >= 15 is 0 Å². The van der Waals surface area contributed by atoms with Crippen LogP contribution in [-0.2, 0) is 9.59 Å². The fourth-order valence-electron chi connectivity index (χ4n) is 3.13. The van der Waals surface area contributed by atoms with Gasteiger partial charge < -0.3 is 20.3 Å². The van der Waals surface area contributed by atoms with E-state index in [9.17, 15) is 9.59 Å². The highest BCUT2D eigenvalue weighted by molar-refractivity contribution is 5.93. The van der Waals surface area contributed by atoms with Crippen LogP contribution in [0.3, 0.4) is 0 Å². The summed E-state index contributed by atoms with van der Waals surface area (Å²) in [6, 6.07) is 14.9. The lowest BCUT2D eigenvalue weighted by atomic mass is 10.1. The zero-order chi connectivity index (χ0) is 19.1. The molecule has 0 unspecified atom stereocenters. The van der Waals surface area contributed by atoms with Gasteiger partial charge in [0.15, 0.2) is 6.61 Å². The van der Waals surface area contributed by atoms with Crippen molar-refractivity contribution >= 4 is 28.9 Å². The summed E-state index contributed by atoms with van der Waals surface area (Å²) >= 11 is 0. The van der Waals surface area contributed by atoms with E-state index in [0.29, 0.717) is 11.4 Å². The van der Waals surface area contributed by atoms with Gasteiger partial charge in [0.2, 0.25) is 5.91 Å². The van der Waals surface area contributed by atoms with Gasteiger partial charge in [-0.25, -0.2) is 0 Å². The predicted molar refractivity (Wildman–Crippen MR) is 107 cm³/mol. The van der Waals surface area contributed by atoms with Gasteiger partial charge in [-0.2, -0.15) is 0 Å². The number of hydrogen-bond donors (Lipinski definition) is 2. The SMILES string of the molecule is CC(=O)Nc1ccccc1OCC(=O)Nc1ccc(N2CCCCC2)cc1. The predicted octanol–water partition coefficient (Wildman–Crippen LogP) is 3.65. The molecular weight excluding hydrogens is 342 g/mol. The summed E-state index contributed by atoms with van der Waals surface area (Å²) in [5, 5.41) is 5.52. The molecule has 0 saturated carbocycles. The van der Waals surface area contributed by atoms with Crippen LogP contribution in [0.4, 0.5) is 17.1 Å². The molecule has 0 radical (unpaired) electrons. The summed E-state index contributed by atoms with van der Waals surface area (Å²) in [5.41, 5.74) is 2.47. The molecule has 0 atom stereocenters. The number of amides is 2. The van der Waals surface area contributed by atoms with Gasteiger partial charge in [-0.1, -0.05) is 12.1 Å². The minimum atomic E-state index is -0.252. The Labute approximate surface area is 159 Å². The number of para-hydroxylation sites is 2. The van der Waals surface area contributed by atoms with Crippen LogP contribution in [-0.4, -0.2) is 31.5 Å². The molecule has 1 saturated heterocycles. The van der Waals surface area contributed by atoms with Gasteiger partial charge in [0.05, 0.1) is 5.69 Å². The second-order valence-corrected chi connectivity index (χ2v) is 6.61. The molecule has 1 aliphatic heterocycles. The van der Waals surface area contributed by atoms with Crippen LogP contribution < -0.4 is 20.3 Å². The van der Waals surface area contributed by atoms with Gasteiger partial charge >= 0.3 is 0 Å². The first-order valence-electron chi connectivity index (χ1n) is 9.26. The number of benzene rings is 2. The van der Waals surface area contributed by atoms with Crippen LogP contribution in [0.25, 0.3) is 0 Å². The number of rotatable bonds is 6. The minimum Gasteiger partial charge on any atom is -0.482 e. The van der Waals surface area contributed by atoms with Crippen molar-refractivity contribution in [1.29, 1.82) is 0 Å². The van der Waals surface area contributed by atoms with Gasteiger partial charge in [-0.3, -0.25) is 9.59 Å². The fourth-order valence-corrected chi connectivity index (χ4v) is 3.13. The van der Waals surface area contributed by atoms with E-state index in [4.69, 9.17) is 4.74 Å². The number of piperidine rings is 1. The molecule has 2 aromatic rings. The Morgan fingerprint density at radius 1 is 0.963 bits per heavy atom. The minimum absolute atomic E-state index is 0.134. The molecule has 0 aromatic heterocycles. The standard InChI is InChI=1S/C21H25N3O3/c1-16(25)22-19-7-3-4-8-20(19)27-15-21(26)23-17-9-11-18(12-10-17)24-13-5-2-6-14-24/h3-4,7-12H,2,5-6,13-15H2,1H3,(H,22,25)(H,23,26). The smallest absolute Gasteiger partial charge is 0.262 e. The molecule has 0 spiro atoms. The number of nitrogens with one attached hydrogen (secondary N) is 2. The lowest BCUT2D eigenvalue weighted by Crippen LogP contribution is -2.29. The van der Waals surface area contributed by atoms with Crippen molar-refractivity contribution in [3.63, 3.8) is 0 Å². The highest BCUT2D eigenvalue weighted by Gasteiger charge is 2.11. The Kier molecular flexibility index (Phi) is 6.30. The topological polar surface area (TPSA) is 70.7 Å². The van der Waals surface area contributed by atoms with Crippen molar-refractivity contribution in [2.24, 2.45) is 0 Å². The van der Waals surface area contributed by atoms with E-state index in [2.05, 4.69) is 15.5 Å². The van der Waals surface area contributed by atoms with Crippen molar-refractivity contribution in [3.05, 3.63) is 48.5 Å². The first-order chi connectivity index (χ1) is 13.1. The summed E-state index contributed by atoms with van der Waals surface area (Å²) in [4.78, 5) is 25.8. The molecule has 6 nitrogen and oxygen atoms in total. The maximum atomic E-state index is 12.2. The van der Waals surface area contributed by atoms with Crippen molar-refractivity contribution < 1.29 is 14.3 Å². The largest absolute Gasteiger partial charge is 0.482 e. The fraction of sp³-hybridized carbons (Fsp3) is 0.333. The third kappa shape index (κ3) is 5.48. The Hall–Kier alpha value is -3.02. The Morgan fingerprint density at radius 2 is 1.67 bits per heavy atom. The van der Waals surface area contributed by atoms with E-state index in [1.165, 1.54) is 31.9 Å². The molecule has 2 aromatic carbocycles. The molecule has 6 heteroatoms. The van der Waals surface area contributed by atoms with Crippen molar-refractivity contribution in [2.75, 3.05) is 35.2 Å². The first-order valence-corrected chi connectivity index (χ1v) is 9.26. The summed E-state index contributed by atoms with van der Waals surface area (Å²) in [6.45, 7) is 3.47. The third-order valence-electron chi connectivity index (χ3n) is 4.43. The van der Waals surface area contributed by atoms with Crippen LogP contribution in [0, 0.1) is 0 Å². The summed E-state index contributed by atoms with van der Waals surface area (Å²) in [5.74, 6) is 0.0194. The Balaban J connectivity index is 1.53. The van der Waals surface area contributed by atoms with Crippen LogP contribution in [0.5, 0.6) is 5.75 Å². The maximum absolute atomic E-state index is 12.2. The molecule has 1 heterocycles. The van der Waals surface area contributed by atoms with Gasteiger partial charge in [0.25, 0.3) is 5.91 Å². The van der Waals surface area contributed by atoms with E-state index in [1.807, 2.05) is 24.3 Å². The molecule has 1 aliphatic rings. The number of hydrogen-bond acceptors (Lipinski definition) is 4. The Morgan fingerprint density at radius 3 is 2.37 bits per heavy atom. The average molecular weight is 367 g/mol. The molecule has 1 fully saturated rings. The Bertz CT molecular complexity index is 784. The van der Waals surface area contributed by atoms with E-state index in [0.717, 1.165) is 18.8 Å². The van der Waals surface area contributed by atoms with Gasteiger partial charge in [0.1, 0.15) is 5.75 Å². The number of anilines is 3. The highest BCUT2D eigenvalue weighted by Crippen LogP contribution is 2.24. The van der Waals surface area contributed by atoms with Gasteiger partial charge in [-0.15, -0.1) is 0 Å². The van der Waals surface area contributed by atoms with E-state index in [-0.39, 0.29) is 18.4 Å². The van der Waals surface area contributed by atoms with Crippen molar-refractivity contribution in [3.8, 4) is 5.75 Å². The first kappa shape index (κ1) is 18.8. The van der Waals surface area contributed by atoms with E-state index in [1.54, 1.807) is 24.3 Å². The molecule has 2 N–H and O–H groups in total. The van der Waals surface area contributed by atoms with Gasteiger partial charge in [0, 0.05) is 31.4 Å². The number of carbonyl (C=O) groups is 2. The van der Waals surface area contributed by atoms with Crippen LogP contribution in [0.1, 0.15) is 26.2 Å². The lowest BCUT2D eigenvalue weighted by Gasteiger charge is -2.28. The van der Waals surface area contributed by atoms with Crippen LogP contribution >= 0.6 is 0 Å². The van der Waals surface area contributed by atoms with Crippen molar-refractivity contribution in [2.45, 2.75) is 26.2 Å². The zero-order valence-electron chi connectivity index (χ0n) is 15.5. The van der Waals surface area contributed by atoms with Gasteiger partial charge in [-0.05, 0) is 55.7 Å². The zero-order valence-corrected chi connectivity index (χ0v) is 15.5. The second-order valence-electron chi connectivity index (χ2n) is 6.61. The van der Waals surface area contributed by atoms with Crippen LogP contribution in [0.15, 0.2) is 48.5 Å². The molecule has 3 rings (SSSR count). The maximum Gasteiger partial charge on any atom is 0.262 e. The molecule has 2 amide bonds. The molecule has 142 valence electrons. The van der Waals surface area contributed by atoms with E-state index < -0.39 is 0 Å². The summed E-state index contributed by atoms with van der Waals surface area (Å²) < 4.78 is 5.56. The molecule has 0 bridgehead atoms. The quantitative estimate of drug-likeness (QED) is 0.818. The monoisotopic (exact) mass is 367 g/mol. The number of ether oxygens (including phenoxy) is 1. The average Bonchev–Trinajstić information content (AvgIpc) is 2.68. The number of nitrogens with zero attached hydrogens (tertiary/aromatic N) is 1. The molecular formula is C21H25N3O3. The molecule has 27 heavy (non-hydrogen) atoms. The second kappa shape index (κ2) is 9.07. The summed E-state index contributed by atoms with van der Waals surface area (Å²) in [6.07, 6.45) is 3.77. The third-order valence-corrected chi connectivity index (χ3v) is 4.43.